The van der Waals surface area contributed by atoms with Gasteiger partial charge in [0.25, 0.3) is 5.56 Å². The highest BCUT2D eigenvalue weighted by molar-refractivity contribution is 7.98. The maximum absolute atomic E-state index is 12.1. The van der Waals surface area contributed by atoms with Gasteiger partial charge in [0.15, 0.2) is 15.9 Å². The summed E-state index contributed by atoms with van der Waals surface area (Å²) in [5.41, 5.74) is 1.39. The van der Waals surface area contributed by atoms with Crippen LogP contribution < -0.4 is 10.3 Å². The van der Waals surface area contributed by atoms with E-state index >= 15 is 0 Å². The van der Waals surface area contributed by atoms with Gasteiger partial charge in [0.05, 0.1) is 18.4 Å². The first-order valence-electron chi connectivity index (χ1n) is 7.88. The van der Waals surface area contributed by atoms with Crippen LogP contribution >= 0.6 is 34.7 Å². The molecule has 0 unspecified atom stereocenters. The Kier molecular flexibility index (Phi) is 4.90. The number of hydrogen-bond donors (Lipinski definition) is 0. The summed E-state index contributed by atoms with van der Waals surface area (Å²) >= 11 is 9.01. The molecule has 27 heavy (non-hydrogen) atoms. The molecule has 3 aromatic heterocycles. The Bertz CT molecular complexity index is 1180. The molecule has 0 aliphatic heterocycles. The first-order chi connectivity index (χ1) is 13.1. The van der Waals surface area contributed by atoms with Crippen molar-refractivity contribution < 1.29 is 4.74 Å². The minimum Gasteiger partial charge on any atom is -0.496 e. The lowest BCUT2D eigenvalue weighted by Gasteiger charge is -2.09. The van der Waals surface area contributed by atoms with Gasteiger partial charge in [-0.05, 0) is 18.2 Å². The van der Waals surface area contributed by atoms with Crippen molar-refractivity contribution in [2.24, 2.45) is 7.05 Å². The number of fused-ring (bicyclic) bond motifs is 1. The zero-order valence-electron chi connectivity index (χ0n) is 14.4. The second-order valence-corrected chi connectivity index (χ2v) is 7.89. The average molecular weight is 420 g/mol. The van der Waals surface area contributed by atoms with Crippen LogP contribution in [0.3, 0.4) is 0 Å². The third-order valence-electron chi connectivity index (χ3n) is 3.94. The van der Waals surface area contributed by atoms with Crippen LogP contribution in [0.1, 0.15) is 5.69 Å². The maximum atomic E-state index is 12.1. The van der Waals surface area contributed by atoms with Crippen molar-refractivity contribution in [2.75, 3.05) is 7.11 Å². The number of thiazole rings is 1. The van der Waals surface area contributed by atoms with Crippen LogP contribution in [0.15, 0.2) is 45.8 Å². The first-order valence-corrected chi connectivity index (χ1v) is 10.1. The van der Waals surface area contributed by atoms with Crippen molar-refractivity contribution in [3.63, 3.8) is 0 Å². The number of methoxy groups -OCH3 is 1. The molecular weight excluding hydrogens is 406 g/mol. The Balaban J connectivity index is 1.61. The second kappa shape index (κ2) is 7.34. The molecule has 0 saturated heterocycles. The van der Waals surface area contributed by atoms with E-state index in [2.05, 4.69) is 15.2 Å². The molecule has 4 aromatic rings. The summed E-state index contributed by atoms with van der Waals surface area (Å²) in [5, 5.41) is 11.7. The minimum absolute atomic E-state index is 0.0841. The predicted molar refractivity (Wildman–Crippen MR) is 107 cm³/mol. The van der Waals surface area contributed by atoms with Crippen LogP contribution in [0, 0.1) is 0 Å². The highest BCUT2D eigenvalue weighted by Crippen LogP contribution is 2.33. The molecule has 1 aromatic carbocycles. The van der Waals surface area contributed by atoms with Gasteiger partial charge in [0, 0.05) is 35.5 Å². The van der Waals surface area contributed by atoms with Crippen LogP contribution in [0.2, 0.25) is 5.02 Å². The molecule has 10 heteroatoms. The summed E-state index contributed by atoms with van der Waals surface area (Å²) in [4.78, 5) is 17.3. The summed E-state index contributed by atoms with van der Waals surface area (Å²) in [6, 6.07) is 6.91. The molecule has 4 rings (SSSR count). The van der Waals surface area contributed by atoms with E-state index in [4.69, 9.17) is 16.3 Å². The van der Waals surface area contributed by atoms with Crippen molar-refractivity contribution in [3.05, 3.63) is 56.9 Å². The van der Waals surface area contributed by atoms with Crippen molar-refractivity contribution in [1.29, 1.82) is 0 Å². The molecule has 0 spiro atoms. The van der Waals surface area contributed by atoms with Crippen LogP contribution in [0.4, 0.5) is 0 Å². The van der Waals surface area contributed by atoms with Crippen molar-refractivity contribution >= 4 is 39.7 Å². The number of aromatic nitrogens is 5. The van der Waals surface area contributed by atoms with Crippen molar-refractivity contribution in [2.45, 2.75) is 10.9 Å². The molecule has 0 atom stereocenters. The van der Waals surface area contributed by atoms with Crippen LogP contribution in [-0.2, 0) is 12.8 Å². The van der Waals surface area contributed by atoms with Gasteiger partial charge in [-0.25, -0.2) is 4.98 Å². The fourth-order valence-corrected chi connectivity index (χ4v) is 4.34. The lowest BCUT2D eigenvalue weighted by Crippen LogP contribution is -2.12. The Morgan fingerprint density at radius 2 is 2.15 bits per heavy atom. The molecule has 0 fully saturated rings. The molecule has 3 heterocycles. The largest absolute Gasteiger partial charge is 0.496 e. The van der Waals surface area contributed by atoms with Crippen LogP contribution in [0.5, 0.6) is 5.75 Å². The standard InChI is InChI=1S/C17H14ClN5O2S2/c1-22-15(12-7-10(18)3-4-13(12)25-2)20-21-17(22)27-9-11-8-14(24)23-5-6-26-16(23)19-11/h3-8H,9H2,1-2H3. The predicted octanol–water partition coefficient (Wildman–Crippen LogP) is 3.51. The number of ether oxygens (including phenoxy) is 1. The van der Waals surface area contributed by atoms with E-state index in [-0.39, 0.29) is 5.56 Å². The van der Waals surface area contributed by atoms with Gasteiger partial charge in [-0.15, -0.1) is 21.5 Å². The van der Waals surface area contributed by atoms with E-state index in [0.717, 1.165) is 5.56 Å². The highest BCUT2D eigenvalue weighted by atomic mass is 35.5. The molecule has 0 amide bonds. The van der Waals surface area contributed by atoms with Crippen molar-refractivity contribution in [1.82, 2.24) is 24.1 Å². The fourth-order valence-electron chi connectivity index (χ4n) is 2.63. The smallest absolute Gasteiger partial charge is 0.258 e. The minimum atomic E-state index is -0.0841. The summed E-state index contributed by atoms with van der Waals surface area (Å²) in [6.07, 6.45) is 1.72. The number of rotatable bonds is 5. The van der Waals surface area contributed by atoms with E-state index in [1.807, 2.05) is 17.0 Å². The Morgan fingerprint density at radius 1 is 1.30 bits per heavy atom. The normalized spacial score (nSPS) is 11.2. The second-order valence-electron chi connectivity index (χ2n) is 5.64. The molecule has 0 bridgehead atoms. The van der Waals surface area contributed by atoms with Crippen LogP contribution in [-0.4, -0.2) is 31.3 Å². The molecule has 0 aliphatic rings. The van der Waals surface area contributed by atoms with E-state index < -0.39 is 0 Å². The van der Waals surface area contributed by atoms with Gasteiger partial charge in [0.2, 0.25) is 0 Å². The van der Waals surface area contributed by atoms with Crippen molar-refractivity contribution in [3.8, 4) is 17.1 Å². The number of thioether (sulfide) groups is 1. The topological polar surface area (TPSA) is 74.3 Å². The maximum Gasteiger partial charge on any atom is 0.258 e. The number of hydrogen-bond acceptors (Lipinski definition) is 7. The number of nitrogens with zero attached hydrogens (tertiary/aromatic N) is 5. The Hall–Kier alpha value is -2.36. The quantitative estimate of drug-likeness (QED) is 0.461. The monoisotopic (exact) mass is 419 g/mol. The zero-order chi connectivity index (χ0) is 19.0. The van der Waals surface area contributed by atoms with E-state index in [1.165, 1.54) is 27.5 Å². The lowest BCUT2D eigenvalue weighted by molar-refractivity contribution is 0.416. The van der Waals surface area contributed by atoms with Gasteiger partial charge in [-0.1, -0.05) is 23.4 Å². The van der Waals surface area contributed by atoms with Gasteiger partial charge >= 0.3 is 0 Å². The third kappa shape index (κ3) is 3.45. The lowest BCUT2D eigenvalue weighted by atomic mass is 10.2. The highest BCUT2D eigenvalue weighted by Gasteiger charge is 2.16. The molecule has 0 radical (unpaired) electrons. The van der Waals surface area contributed by atoms with E-state index in [9.17, 15) is 4.79 Å². The van der Waals surface area contributed by atoms with E-state index in [0.29, 0.717) is 38.2 Å². The number of benzene rings is 1. The SMILES string of the molecule is COc1ccc(Cl)cc1-c1nnc(SCc2cc(=O)n3ccsc3n2)n1C. The molecule has 0 N–H and O–H groups in total. The van der Waals surface area contributed by atoms with Gasteiger partial charge in [-0.3, -0.25) is 9.20 Å². The molecule has 0 saturated carbocycles. The molecular formula is C17H14ClN5O2S2. The summed E-state index contributed by atoms with van der Waals surface area (Å²) < 4.78 is 8.81. The zero-order valence-corrected chi connectivity index (χ0v) is 16.8. The van der Waals surface area contributed by atoms with Gasteiger partial charge in [-0.2, -0.15) is 0 Å². The molecule has 7 nitrogen and oxygen atoms in total. The Labute approximate surface area is 167 Å². The van der Waals surface area contributed by atoms with E-state index in [1.54, 1.807) is 37.6 Å². The summed E-state index contributed by atoms with van der Waals surface area (Å²) in [5.74, 6) is 1.84. The summed E-state index contributed by atoms with van der Waals surface area (Å²) in [6.45, 7) is 0. The Morgan fingerprint density at radius 3 is 2.96 bits per heavy atom. The number of halogens is 1. The van der Waals surface area contributed by atoms with Gasteiger partial charge in [0.1, 0.15) is 5.75 Å². The third-order valence-corrected chi connectivity index (χ3v) is 5.99. The molecule has 138 valence electrons. The first kappa shape index (κ1) is 18.0. The average Bonchev–Trinajstić information content (AvgIpc) is 3.27. The van der Waals surface area contributed by atoms with Gasteiger partial charge < -0.3 is 9.30 Å². The summed E-state index contributed by atoms with van der Waals surface area (Å²) in [7, 11) is 3.48. The van der Waals surface area contributed by atoms with Crippen LogP contribution in [0.25, 0.3) is 16.3 Å². The fraction of sp³-hybridized carbons (Fsp3) is 0.176. The molecule has 0 aliphatic carbocycles.